The van der Waals surface area contributed by atoms with Crippen LogP contribution in [0.1, 0.15) is 18.4 Å². The first-order valence-corrected chi connectivity index (χ1v) is 5.16. The maximum atomic E-state index is 13.2. The zero-order valence-electron chi connectivity index (χ0n) is 6.99. The quantitative estimate of drug-likeness (QED) is 0.578. The molecule has 1 aromatic rings. The molecule has 0 spiro atoms. The van der Waals surface area contributed by atoms with Crippen LogP contribution in [0.4, 0.5) is 4.39 Å². The van der Waals surface area contributed by atoms with Gasteiger partial charge >= 0.3 is 0 Å². The smallest absolute Gasteiger partial charge is 0.230 e. The summed E-state index contributed by atoms with van der Waals surface area (Å²) in [5.74, 6) is -0.794. The van der Waals surface area contributed by atoms with Crippen molar-refractivity contribution in [2.24, 2.45) is 0 Å². The third-order valence-electron chi connectivity index (χ3n) is 1.47. The zero-order chi connectivity index (χ0) is 10.9. The molecule has 7 heteroatoms. The molecular weight excluding hydrogens is 273 g/mol. The second kappa shape index (κ2) is 4.35. The first-order chi connectivity index (χ1) is 6.36. The van der Waals surface area contributed by atoms with Crippen molar-refractivity contribution in [3.05, 3.63) is 22.5 Å². The summed E-state index contributed by atoms with van der Waals surface area (Å²) < 4.78 is 11.4. The molecule has 0 saturated carbocycles. The zero-order valence-corrected chi connectivity index (χ0v) is 10.0. The molecule has 2 nitrogen and oxygen atoms in total. The Kier molecular flexibility index (Phi) is 3.81. The van der Waals surface area contributed by atoms with Crippen LogP contribution in [0.5, 0.6) is 0 Å². The van der Waals surface area contributed by atoms with Crippen molar-refractivity contribution in [2.75, 3.05) is 0 Å². The van der Waals surface area contributed by atoms with Crippen LogP contribution in [0.3, 0.4) is 0 Å². The molecule has 0 bridgehead atoms. The average Bonchev–Trinajstić information content (AvgIpc) is 2.07. The molecule has 0 atom stereocenters. The van der Waals surface area contributed by atoms with Crippen LogP contribution >= 0.6 is 46.4 Å². The van der Waals surface area contributed by atoms with Gasteiger partial charge in [0.15, 0.2) is 16.8 Å². The van der Waals surface area contributed by atoms with Gasteiger partial charge in [0.05, 0.1) is 5.69 Å². The molecule has 0 unspecified atom stereocenters. The van der Waals surface area contributed by atoms with Crippen LogP contribution in [0.25, 0.3) is 0 Å². The van der Waals surface area contributed by atoms with E-state index in [0.29, 0.717) is 6.42 Å². The lowest BCUT2D eigenvalue weighted by Crippen LogP contribution is -2.11. The fourth-order valence-corrected chi connectivity index (χ4v) is 1.27. The molecule has 14 heavy (non-hydrogen) atoms. The maximum Gasteiger partial charge on any atom is 0.250 e. The summed E-state index contributed by atoms with van der Waals surface area (Å²) in [7, 11) is 0. The van der Waals surface area contributed by atoms with E-state index in [1.807, 2.05) is 0 Å². The second-order valence-corrected chi connectivity index (χ2v) is 5.09. The lowest BCUT2D eigenvalue weighted by molar-refractivity contribution is 0.589. The molecule has 78 valence electrons. The number of aryl methyl sites for hydroxylation is 1. The number of hydrogen-bond donors (Lipinski definition) is 0. The molecule has 0 N–H and O–H groups in total. The summed E-state index contributed by atoms with van der Waals surface area (Å²) in [6, 6.07) is 0. The molecule has 1 heterocycles. The molecule has 1 aromatic heterocycles. The van der Waals surface area contributed by atoms with E-state index in [9.17, 15) is 4.39 Å². The summed E-state index contributed by atoms with van der Waals surface area (Å²) in [5, 5.41) is -0.335. The molecule has 0 aliphatic heterocycles. The van der Waals surface area contributed by atoms with E-state index >= 15 is 0 Å². The Morgan fingerprint density at radius 2 is 1.86 bits per heavy atom. The summed E-state index contributed by atoms with van der Waals surface area (Å²) in [6.07, 6.45) is 0.349. The summed E-state index contributed by atoms with van der Waals surface area (Å²) in [4.78, 5) is 7.29. The van der Waals surface area contributed by atoms with E-state index in [4.69, 9.17) is 46.4 Å². The van der Waals surface area contributed by atoms with Gasteiger partial charge in [-0.25, -0.2) is 14.4 Å². The first-order valence-electron chi connectivity index (χ1n) is 3.65. The van der Waals surface area contributed by atoms with Gasteiger partial charge in [-0.15, -0.1) is 0 Å². The highest BCUT2D eigenvalue weighted by atomic mass is 35.6. The van der Waals surface area contributed by atoms with Crippen LogP contribution in [-0.4, -0.2) is 9.97 Å². The van der Waals surface area contributed by atoms with Crippen LogP contribution in [-0.2, 0) is 10.2 Å². The second-order valence-electron chi connectivity index (χ2n) is 2.45. The van der Waals surface area contributed by atoms with Crippen LogP contribution < -0.4 is 0 Å². The van der Waals surface area contributed by atoms with E-state index in [1.54, 1.807) is 6.92 Å². The predicted octanol–water partition coefficient (Wildman–Crippen LogP) is 3.66. The number of aromatic nitrogens is 2. The molecular formula is C7H5Cl4FN2. The summed E-state index contributed by atoms with van der Waals surface area (Å²) >= 11 is 22.1. The molecule has 0 fully saturated rings. The Balaban J connectivity index is 3.30. The highest BCUT2D eigenvalue weighted by molar-refractivity contribution is 6.66. The van der Waals surface area contributed by atoms with Crippen LogP contribution in [0.15, 0.2) is 0 Å². The normalized spacial score (nSPS) is 11.9. The summed E-state index contributed by atoms with van der Waals surface area (Å²) in [5.41, 5.74) is 0.131. The number of alkyl halides is 3. The molecule has 0 aliphatic rings. The molecule has 0 aliphatic carbocycles. The fourth-order valence-electron chi connectivity index (χ4n) is 0.824. The van der Waals surface area contributed by atoms with E-state index in [2.05, 4.69) is 9.97 Å². The van der Waals surface area contributed by atoms with Gasteiger partial charge < -0.3 is 0 Å². The average molecular weight is 278 g/mol. The monoisotopic (exact) mass is 276 g/mol. The van der Waals surface area contributed by atoms with Crippen molar-refractivity contribution < 1.29 is 4.39 Å². The Morgan fingerprint density at radius 1 is 1.29 bits per heavy atom. The van der Waals surface area contributed by atoms with E-state index < -0.39 is 9.61 Å². The minimum Gasteiger partial charge on any atom is -0.230 e. The highest BCUT2D eigenvalue weighted by Gasteiger charge is 2.28. The predicted molar refractivity (Wildman–Crippen MR) is 55.6 cm³/mol. The van der Waals surface area contributed by atoms with Crippen molar-refractivity contribution in [1.82, 2.24) is 9.97 Å². The van der Waals surface area contributed by atoms with Crippen molar-refractivity contribution in [3.63, 3.8) is 0 Å². The van der Waals surface area contributed by atoms with Crippen LogP contribution in [0, 0.1) is 5.82 Å². The summed E-state index contributed by atoms with van der Waals surface area (Å²) in [6.45, 7) is 1.71. The van der Waals surface area contributed by atoms with Gasteiger partial charge in [0.2, 0.25) is 3.79 Å². The van der Waals surface area contributed by atoms with E-state index in [1.165, 1.54) is 0 Å². The largest absolute Gasteiger partial charge is 0.250 e. The molecule has 1 rings (SSSR count). The molecule has 0 saturated heterocycles. The van der Waals surface area contributed by atoms with Crippen molar-refractivity contribution >= 4 is 46.4 Å². The lowest BCUT2D eigenvalue weighted by atomic mass is 10.3. The minimum atomic E-state index is -1.79. The number of halogens is 5. The van der Waals surface area contributed by atoms with Crippen LogP contribution in [0.2, 0.25) is 5.15 Å². The lowest BCUT2D eigenvalue weighted by Gasteiger charge is -2.11. The van der Waals surface area contributed by atoms with E-state index in [0.717, 1.165) is 0 Å². The Hall–Kier alpha value is 0.170. The van der Waals surface area contributed by atoms with Crippen molar-refractivity contribution in [2.45, 2.75) is 17.1 Å². The van der Waals surface area contributed by atoms with Gasteiger partial charge in [0, 0.05) is 0 Å². The van der Waals surface area contributed by atoms with Crippen molar-refractivity contribution in [3.8, 4) is 0 Å². The standard InChI is InChI=1S/C7H5Cl4FN2/c1-2-3-4(12)5(8)14-6(13-3)7(9,10)11/h2H2,1H3. The van der Waals surface area contributed by atoms with E-state index in [-0.39, 0.29) is 16.7 Å². The Bertz CT molecular complexity index is 350. The number of nitrogens with zero attached hydrogens (tertiary/aromatic N) is 2. The van der Waals surface area contributed by atoms with Gasteiger partial charge in [-0.2, -0.15) is 0 Å². The molecule has 0 radical (unpaired) electrons. The van der Waals surface area contributed by atoms with Gasteiger partial charge in [-0.1, -0.05) is 53.3 Å². The molecule has 0 amide bonds. The highest BCUT2D eigenvalue weighted by Crippen LogP contribution is 2.36. The van der Waals surface area contributed by atoms with Gasteiger partial charge in [0.25, 0.3) is 0 Å². The van der Waals surface area contributed by atoms with Gasteiger partial charge in [-0.3, -0.25) is 0 Å². The minimum absolute atomic E-state index is 0.120. The SMILES string of the molecule is CCc1nc(C(Cl)(Cl)Cl)nc(Cl)c1F. The molecule has 0 aromatic carbocycles. The first kappa shape index (κ1) is 12.2. The van der Waals surface area contributed by atoms with Gasteiger partial charge in [-0.05, 0) is 6.42 Å². The topological polar surface area (TPSA) is 25.8 Å². The third kappa shape index (κ3) is 2.60. The van der Waals surface area contributed by atoms with Crippen molar-refractivity contribution in [1.29, 1.82) is 0 Å². The fraction of sp³-hybridized carbons (Fsp3) is 0.429. The third-order valence-corrected chi connectivity index (χ3v) is 2.23. The Morgan fingerprint density at radius 3 is 2.29 bits per heavy atom. The maximum absolute atomic E-state index is 13.2. The number of hydrogen-bond acceptors (Lipinski definition) is 2. The van der Waals surface area contributed by atoms with Gasteiger partial charge in [0.1, 0.15) is 0 Å². The number of rotatable bonds is 1. The Labute approximate surface area is 100 Å².